The van der Waals surface area contributed by atoms with Crippen molar-refractivity contribution in [2.24, 2.45) is 0 Å². The topological polar surface area (TPSA) is 105 Å². The molecule has 0 aromatic heterocycles. The van der Waals surface area contributed by atoms with Crippen LogP contribution in [0.1, 0.15) is 47.5 Å². The Hall–Kier alpha value is -2.95. The van der Waals surface area contributed by atoms with Crippen molar-refractivity contribution < 1.29 is 27.5 Å². The number of nitrogens with one attached hydrogen (secondary N) is 1. The van der Waals surface area contributed by atoms with E-state index in [0.29, 0.717) is 44.0 Å². The third kappa shape index (κ3) is 6.14. The second kappa shape index (κ2) is 10.4. The van der Waals surface area contributed by atoms with Crippen molar-refractivity contribution in [1.29, 1.82) is 0 Å². The van der Waals surface area contributed by atoms with E-state index in [0.717, 1.165) is 11.1 Å². The zero-order valence-corrected chi connectivity index (χ0v) is 22.8. The van der Waals surface area contributed by atoms with Gasteiger partial charge in [0, 0.05) is 31.8 Å². The molecule has 4 rings (SSSR count). The summed E-state index contributed by atoms with van der Waals surface area (Å²) in [7, 11) is -3.66. The summed E-state index contributed by atoms with van der Waals surface area (Å²) in [5, 5.41) is 0. The normalized spacial score (nSPS) is 18.9. The van der Waals surface area contributed by atoms with Gasteiger partial charge in [-0.05, 0) is 63.1 Å². The van der Waals surface area contributed by atoms with Gasteiger partial charge in [-0.15, -0.1) is 0 Å². The minimum atomic E-state index is -3.66. The lowest BCUT2D eigenvalue weighted by Gasteiger charge is -2.41. The molecule has 37 heavy (non-hydrogen) atoms. The molecule has 0 spiro atoms. The summed E-state index contributed by atoms with van der Waals surface area (Å²) in [4.78, 5) is 29.2. The molecule has 1 atom stereocenters. The molecule has 10 heteroatoms. The van der Waals surface area contributed by atoms with Crippen molar-refractivity contribution in [1.82, 2.24) is 4.72 Å². The maximum atomic E-state index is 13.3. The summed E-state index contributed by atoms with van der Waals surface area (Å²) < 4.78 is 39.2. The van der Waals surface area contributed by atoms with Crippen LogP contribution in [-0.4, -0.2) is 57.9 Å². The molecule has 0 aliphatic carbocycles. The zero-order chi connectivity index (χ0) is 27.0. The smallest absolute Gasteiger partial charge is 0.414 e. The summed E-state index contributed by atoms with van der Waals surface area (Å²) in [6.07, 6.45) is 0.655. The summed E-state index contributed by atoms with van der Waals surface area (Å²) in [6.45, 7) is 10.2. The number of sulfonamides is 1. The fourth-order valence-corrected chi connectivity index (χ4v) is 6.16. The standard InChI is InChI=1S/C27H35N3O6S/c1-18-17-29(26(32)36-22-12-14-35-15-13-22)25-16-21(8-11-24(25)30(18)19(2)31)20-6-9-23(10-7-20)37(33,34)28-27(3,4)5/h6-11,16,18,22,28H,12-15,17H2,1-5H3. The third-order valence-corrected chi connectivity index (χ3v) is 8.12. The van der Waals surface area contributed by atoms with Crippen LogP contribution in [0.3, 0.4) is 0 Å². The van der Waals surface area contributed by atoms with E-state index in [2.05, 4.69) is 4.72 Å². The van der Waals surface area contributed by atoms with Gasteiger partial charge >= 0.3 is 6.09 Å². The fourth-order valence-electron chi connectivity index (χ4n) is 4.75. The maximum absolute atomic E-state index is 13.3. The molecule has 0 bridgehead atoms. The van der Waals surface area contributed by atoms with Crippen LogP contribution in [0.15, 0.2) is 47.4 Å². The van der Waals surface area contributed by atoms with Crippen molar-refractivity contribution in [2.45, 2.75) is 70.0 Å². The second-order valence-electron chi connectivity index (χ2n) is 10.6. The molecule has 2 aliphatic rings. The van der Waals surface area contributed by atoms with E-state index in [-0.39, 0.29) is 22.9 Å². The number of hydrogen-bond donors (Lipinski definition) is 1. The largest absolute Gasteiger partial charge is 0.446 e. The Balaban J connectivity index is 1.67. The van der Waals surface area contributed by atoms with Gasteiger partial charge in [0.15, 0.2) is 0 Å². The first-order chi connectivity index (χ1) is 17.4. The van der Waals surface area contributed by atoms with Gasteiger partial charge in [-0.3, -0.25) is 9.69 Å². The summed E-state index contributed by atoms with van der Waals surface area (Å²) in [6, 6.07) is 11.9. The quantitative estimate of drug-likeness (QED) is 0.633. The van der Waals surface area contributed by atoms with Crippen LogP contribution in [0.5, 0.6) is 0 Å². The number of carbonyl (C=O) groups is 2. The van der Waals surface area contributed by atoms with Crippen LogP contribution < -0.4 is 14.5 Å². The highest BCUT2D eigenvalue weighted by Gasteiger charge is 2.35. The molecule has 0 radical (unpaired) electrons. The second-order valence-corrected chi connectivity index (χ2v) is 12.3. The Morgan fingerprint density at radius 2 is 1.62 bits per heavy atom. The molecule has 2 aliphatic heterocycles. The van der Waals surface area contributed by atoms with Crippen molar-refractivity contribution in [2.75, 3.05) is 29.6 Å². The first kappa shape index (κ1) is 27.1. The lowest BCUT2D eigenvalue weighted by Crippen LogP contribution is -2.52. The molecular formula is C27H35N3O6S. The molecular weight excluding hydrogens is 494 g/mol. The monoisotopic (exact) mass is 529 g/mol. The van der Waals surface area contributed by atoms with E-state index < -0.39 is 21.7 Å². The predicted octanol–water partition coefficient (Wildman–Crippen LogP) is 4.31. The van der Waals surface area contributed by atoms with Crippen LogP contribution in [0.4, 0.5) is 16.2 Å². The van der Waals surface area contributed by atoms with Gasteiger partial charge in [-0.1, -0.05) is 18.2 Å². The zero-order valence-electron chi connectivity index (χ0n) is 22.0. The minimum Gasteiger partial charge on any atom is -0.446 e. The maximum Gasteiger partial charge on any atom is 0.414 e. The van der Waals surface area contributed by atoms with E-state index in [1.54, 1.807) is 54.8 Å². The molecule has 1 saturated heterocycles. The molecule has 2 amide bonds. The SMILES string of the molecule is CC(=O)N1c2ccc(-c3ccc(S(=O)(=O)NC(C)(C)C)cc3)cc2N(C(=O)OC2CCOCC2)CC1C. The van der Waals surface area contributed by atoms with Gasteiger partial charge < -0.3 is 14.4 Å². The number of carbonyl (C=O) groups excluding carboxylic acids is 2. The summed E-state index contributed by atoms with van der Waals surface area (Å²) >= 11 is 0. The lowest BCUT2D eigenvalue weighted by molar-refractivity contribution is -0.117. The number of fused-ring (bicyclic) bond motifs is 1. The van der Waals surface area contributed by atoms with Gasteiger partial charge in [0.05, 0.1) is 35.5 Å². The van der Waals surface area contributed by atoms with Gasteiger partial charge in [-0.25, -0.2) is 17.9 Å². The summed E-state index contributed by atoms with van der Waals surface area (Å²) in [5.74, 6) is -0.111. The Labute approximate surface area is 218 Å². The van der Waals surface area contributed by atoms with Gasteiger partial charge in [0.1, 0.15) is 6.10 Å². The average Bonchev–Trinajstić information content (AvgIpc) is 2.82. The number of hydrogen-bond acceptors (Lipinski definition) is 6. The number of amides is 2. The van der Waals surface area contributed by atoms with Gasteiger partial charge in [0.25, 0.3) is 0 Å². The van der Waals surface area contributed by atoms with E-state index in [1.807, 2.05) is 25.1 Å². The number of ether oxygens (including phenoxy) is 2. The first-order valence-electron chi connectivity index (χ1n) is 12.5. The van der Waals surface area contributed by atoms with Crippen molar-refractivity contribution >= 4 is 33.4 Å². The predicted molar refractivity (Wildman–Crippen MR) is 142 cm³/mol. The molecule has 2 heterocycles. The lowest BCUT2D eigenvalue weighted by atomic mass is 10.0. The number of anilines is 2. The minimum absolute atomic E-state index is 0.111. The first-order valence-corrected chi connectivity index (χ1v) is 14.0. The molecule has 1 fully saturated rings. The molecule has 1 unspecified atom stereocenters. The third-order valence-electron chi connectivity index (χ3n) is 6.35. The molecule has 2 aromatic carbocycles. The fraction of sp³-hybridized carbons (Fsp3) is 0.481. The van der Waals surface area contributed by atoms with Gasteiger partial charge in [-0.2, -0.15) is 0 Å². The van der Waals surface area contributed by atoms with Gasteiger partial charge in [0.2, 0.25) is 15.9 Å². The highest BCUT2D eigenvalue weighted by molar-refractivity contribution is 7.89. The number of rotatable bonds is 4. The Bertz CT molecular complexity index is 1260. The number of benzene rings is 2. The van der Waals surface area contributed by atoms with E-state index in [4.69, 9.17) is 9.47 Å². The molecule has 0 saturated carbocycles. The van der Waals surface area contributed by atoms with Crippen LogP contribution in [0.25, 0.3) is 11.1 Å². The van der Waals surface area contributed by atoms with Crippen molar-refractivity contribution in [3.63, 3.8) is 0 Å². The Morgan fingerprint density at radius 3 is 2.22 bits per heavy atom. The van der Waals surface area contributed by atoms with E-state index in [1.165, 1.54) is 6.92 Å². The van der Waals surface area contributed by atoms with Crippen LogP contribution in [0, 0.1) is 0 Å². The molecule has 2 aromatic rings. The Kier molecular flexibility index (Phi) is 7.64. The van der Waals surface area contributed by atoms with Crippen LogP contribution in [-0.2, 0) is 24.3 Å². The van der Waals surface area contributed by atoms with E-state index >= 15 is 0 Å². The summed E-state index contributed by atoms with van der Waals surface area (Å²) in [5.41, 5.74) is 2.18. The van der Waals surface area contributed by atoms with Crippen LogP contribution >= 0.6 is 0 Å². The van der Waals surface area contributed by atoms with Crippen LogP contribution in [0.2, 0.25) is 0 Å². The molecule has 9 nitrogen and oxygen atoms in total. The highest BCUT2D eigenvalue weighted by Crippen LogP contribution is 2.39. The molecule has 200 valence electrons. The van der Waals surface area contributed by atoms with Crippen molar-refractivity contribution in [3.8, 4) is 11.1 Å². The Morgan fingerprint density at radius 1 is 1.00 bits per heavy atom. The average molecular weight is 530 g/mol. The van der Waals surface area contributed by atoms with E-state index in [9.17, 15) is 18.0 Å². The number of nitrogens with zero attached hydrogens (tertiary/aromatic N) is 2. The van der Waals surface area contributed by atoms with Crippen molar-refractivity contribution in [3.05, 3.63) is 42.5 Å². The highest BCUT2D eigenvalue weighted by atomic mass is 32.2. The molecule has 1 N–H and O–H groups in total.